The molecule has 0 atom stereocenters. The lowest BCUT2D eigenvalue weighted by Crippen LogP contribution is -1.91. The molecule has 0 amide bonds. The molecule has 0 fully saturated rings. The fourth-order valence-corrected chi connectivity index (χ4v) is 3.50. The van der Waals surface area contributed by atoms with Crippen molar-refractivity contribution >= 4 is 37.3 Å². The standard InChI is InChI=1S/C4H2BrN3O2S2/c5-3-1-2-11-4(3)12(9,10)8-7-6/h1-2H. The predicted octanol–water partition coefficient (Wildman–Crippen LogP) is 2.51. The Balaban J connectivity index is 3.33. The van der Waals surface area contributed by atoms with E-state index in [1.54, 1.807) is 11.4 Å². The molecule has 12 heavy (non-hydrogen) atoms. The molecule has 0 spiro atoms. The summed E-state index contributed by atoms with van der Waals surface area (Å²) in [6.07, 6.45) is 0. The predicted molar refractivity (Wildman–Crippen MR) is 48.4 cm³/mol. The zero-order valence-electron chi connectivity index (χ0n) is 5.51. The molecule has 0 radical (unpaired) electrons. The van der Waals surface area contributed by atoms with Gasteiger partial charge in [0.25, 0.3) is 10.0 Å². The van der Waals surface area contributed by atoms with E-state index < -0.39 is 10.0 Å². The fraction of sp³-hybridized carbons (Fsp3) is 0. The Morgan fingerprint density at radius 3 is 2.75 bits per heavy atom. The number of hydrogen-bond donors (Lipinski definition) is 0. The summed E-state index contributed by atoms with van der Waals surface area (Å²) in [5.41, 5.74) is 7.96. The van der Waals surface area contributed by atoms with Crippen molar-refractivity contribution in [1.82, 2.24) is 0 Å². The Hall–Kier alpha value is -0.560. The normalized spacial score (nSPS) is 10.8. The van der Waals surface area contributed by atoms with Crippen LogP contribution in [-0.2, 0) is 10.0 Å². The topological polar surface area (TPSA) is 82.9 Å². The number of sulfonamides is 1. The Kier molecular flexibility index (Phi) is 2.73. The van der Waals surface area contributed by atoms with Gasteiger partial charge in [0.1, 0.15) is 4.21 Å². The molecule has 8 heteroatoms. The van der Waals surface area contributed by atoms with Crippen molar-refractivity contribution in [3.05, 3.63) is 26.4 Å². The molecule has 0 aliphatic carbocycles. The molecule has 64 valence electrons. The van der Waals surface area contributed by atoms with Crippen LogP contribution in [0.1, 0.15) is 0 Å². The Morgan fingerprint density at radius 1 is 1.67 bits per heavy atom. The second kappa shape index (κ2) is 3.44. The van der Waals surface area contributed by atoms with E-state index in [2.05, 4.69) is 25.4 Å². The highest BCUT2D eigenvalue weighted by molar-refractivity contribution is 9.10. The van der Waals surface area contributed by atoms with E-state index in [-0.39, 0.29) is 4.21 Å². The van der Waals surface area contributed by atoms with Gasteiger partial charge in [0, 0.05) is 13.9 Å². The van der Waals surface area contributed by atoms with Gasteiger partial charge in [0.05, 0.1) is 0 Å². The van der Waals surface area contributed by atoms with Gasteiger partial charge in [-0.05, 0) is 32.9 Å². The zero-order chi connectivity index (χ0) is 9.19. The summed E-state index contributed by atoms with van der Waals surface area (Å²) < 4.78 is 25.3. The maximum atomic E-state index is 11.1. The van der Waals surface area contributed by atoms with E-state index >= 15 is 0 Å². The Bertz CT molecular complexity index is 431. The van der Waals surface area contributed by atoms with E-state index in [1.807, 2.05) is 0 Å². The van der Waals surface area contributed by atoms with Gasteiger partial charge in [-0.2, -0.15) is 0 Å². The first kappa shape index (κ1) is 9.53. The van der Waals surface area contributed by atoms with Gasteiger partial charge >= 0.3 is 0 Å². The van der Waals surface area contributed by atoms with E-state index in [1.165, 1.54) is 0 Å². The van der Waals surface area contributed by atoms with Crippen molar-refractivity contribution in [3.63, 3.8) is 0 Å². The molecule has 0 aliphatic heterocycles. The molecule has 0 N–H and O–H groups in total. The highest BCUT2D eigenvalue weighted by atomic mass is 79.9. The highest BCUT2D eigenvalue weighted by Crippen LogP contribution is 2.28. The van der Waals surface area contributed by atoms with Gasteiger partial charge in [-0.15, -0.1) is 11.3 Å². The SMILES string of the molecule is [N-]=[N+]=NS(=O)(=O)c1sccc1Br. The lowest BCUT2D eigenvalue weighted by atomic mass is 10.7. The molecular formula is C4H2BrN3O2S2. The number of azide groups is 1. The van der Waals surface area contributed by atoms with Crippen molar-refractivity contribution in [2.24, 2.45) is 4.52 Å². The molecule has 1 heterocycles. The number of hydrogen-bond acceptors (Lipinski definition) is 3. The van der Waals surface area contributed by atoms with E-state index in [0.717, 1.165) is 11.3 Å². The number of halogens is 1. The molecule has 0 unspecified atom stereocenters. The minimum Gasteiger partial charge on any atom is -0.215 e. The van der Waals surface area contributed by atoms with Gasteiger partial charge in [0.15, 0.2) is 0 Å². The number of rotatable bonds is 2. The average molecular weight is 268 g/mol. The number of thiophene rings is 1. The smallest absolute Gasteiger partial charge is 0.215 e. The second-order valence-corrected chi connectivity index (χ2v) is 5.25. The third kappa shape index (κ3) is 1.78. The molecule has 0 bridgehead atoms. The van der Waals surface area contributed by atoms with Crippen molar-refractivity contribution in [3.8, 4) is 0 Å². The maximum Gasteiger partial charge on any atom is 0.274 e. The van der Waals surface area contributed by atoms with Crippen molar-refractivity contribution in [2.45, 2.75) is 4.21 Å². The third-order valence-corrected chi connectivity index (χ3v) is 4.75. The quantitative estimate of drug-likeness (QED) is 0.469. The maximum absolute atomic E-state index is 11.1. The first-order valence-corrected chi connectivity index (χ1v) is 5.73. The van der Waals surface area contributed by atoms with Crippen LogP contribution < -0.4 is 0 Å². The summed E-state index contributed by atoms with van der Waals surface area (Å²) in [5, 5.41) is 1.59. The van der Waals surface area contributed by atoms with Crippen LogP contribution in [0.15, 0.2) is 24.6 Å². The fourth-order valence-electron chi connectivity index (χ4n) is 0.549. The summed E-state index contributed by atoms with van der Waals surface area (Å²) in [7, 11) is -3.82. The zero-order valence-corrected chi connectivity index (χ0v) is 8.73. The van der Waals surface area contributed by atoms with Crippen molar-refractivity contribution < 1.29 is 8.42 Å². The average Bonchev–Trinajstić information content (AvgIpc) is 2.35. The summed E-state index contributed by atoms with van der Waals surface area (Å²) in [4.78, 5) is 2.23. The minimum absolute atomic E-state index is 0.0281. The summed E-state index contributed by atoms with van der Waals surface area (Å²) in [6.45, 7) is 0. The van der Waals surface area contributed by atoms with Crippen LogP contribution in [0.25, 0.3) is 10.4 Å². The van der Waals surface area contributed by atoms with Crippen LogP contribution in [0.3, 0.4) is 0 Å². The van der Waals surface area contributed by atoms with Crippen LogP contribution in [0.2, 0.25) is 0 Å². The largest absolute Gasteiger partial charge is 0.274 e. The molecule has 0 saturated carbocycles. The minimum atomic E-state index is -3.82. The summed E-state index contributed by atoms with van der Waals surface area (Å²) in [5.74, 6) is 0. The molecule has 0 aliphatic rings. The lowest BCUT2D eigenvalue weighted by molar-refractivity contribution is 0.599. The molecular weight excluding hydrogens is 266 g/mol. The van der Waals surface area contributed by atoms with Crippen LogP contribution in [-0.4, -0.2) is 8.42 Å². The van der Waals surface area contributed by atoms with Crippen LogP contribution >= 0.6 is 27.3 Å². The lowest BCUT2D eigenvalue weighted by Gasteiger charge is -1.90. The van der Waals surface area contributed by atoms with Gasteiger partial charge in [-0.3, -0.25) is 0 Å². The third-order valence-electron chi connectivity index (χ3n) is 0.963. The second-order valence-electron chi connectivity index (χ2n) is 1.70. The Morgan fingerprint density at radius 2 is 2.33 bits per heavy atom. The van der Waals surface area contributed by atoms with E-state index in [0.29, 0.717) is 4.47 Å². The summed E-state index contributed by atoms with van der Waals surface area (Å²) in [6, 6.07) is 1.57. The molecule has 5 nitrogen and oxygen atoms in total. The summed E-state index contributed by atoms with van der Waals surface area (Å²) >= 11 is 4.02. The van der Waals surface area contributed by atoms with Crippen molar-refractivity contribution in [1.29, 1.82) is 0 Å². The van der Waals surface area contributed by atoms with E-state index in [9.17, 15) is 8.42 Å². The van der Waals surface area contributed by atoms with Crippen LogP contribution in [0.5, 0.6) is 0 Å². The monoisotopic (exact) mass is 267 g/mol. The van der Waals surface area contributed by atoms with Gasteiger partial charge in [-0.25, -0.2) is 8.42 Å². The molecule has 0 aromatic carbocycles. The van der Waals surface area contributed by atoms with Crippen LogP contribution in [0.4, 0.5) is 0 Å². The molecule has 1 rings (SSSR count). The van der Waals surface area contributed by atoms with Crippen LogP contribution in [0, 0.1) is 0 Å². The Labute approximate surface area is 80.8 Å². The van der Waals surface area contributed by atoms with Crippen molar-refractivity contribution in [2.75, 3.05) is 0 Å². The van der Waals surface area contributed by atoms with Gasteiger partial charge in [0.2, 0.25) is 0 Å². The molecule has 1 aromatic heterocycles. The molecule has 0 saturated heterocycles. The molecule has 1 aromatic rings. The highest BCUT2D eigenvalue weighted by Gasteiger charge is 2.16. The number of nitrogens with zero attached hydrogens (tertiary/aromatic N) is 3. The first-order valence-electron chi connectivity index (χ1n) is 2.62. The van der Waals surface area contributed by atoms with E-state index in [4.69, 9.17) is 5.53 Å². The van der Waals surface area contributed by atoms with Gasteiger partial charge < -0.3 is 0 Å². The van der Waals surface area contributed by atoms with Gasteiger partial charge in [-0.1, -0.05) is 0 Å². The first-order chi connectivity index (χ1) is 5.58.